The molecule has 1 fully saturated rings. The average Bonchev–Trinajstić information content (AvgIpc) is 3.12. The first-order valence-corrected chi connectivity index (χ1v) is 7.06. The third kappa shape index (κ3) is 3.65. The molecule has 2 heterocycles. The first kappa shape index (κ1) is 13.3. The van der Waals surface area contributed by atoms with Crippen LogP contribution in [0.5, 0.6) is 0 Å². The Hall–Kier alpha value is -1.72. The maximum absolute atomic E-state index is 5.32. The van der Waals surface area contributed by atoms with Gasteiger partial charge in [-0.3, -0.25) is 0 Å². The normalized spacial score (nSPS) is 18.5. The monoisotopic (exact) mass is 273 g/mol. The molecule has 1 aliphatic heterocycles. The SMILES string of the molecule is c1ccc(Cc2noc(CCN[C@H]3CCOC3)n2)cc1. The predicted molar refractivity (Wildman–Crippen MR) is 74.5 cm³/mol. The van der Waals surface area contributed by atoms with Gasteiger partial charge in [0.05, 0.1) is 6.61 Å². The van der Waals surface area contributed by atoms with Crippen LogP contribution in [0.2, 0.25) is 0 Å². The highest BCUT2D eigenvalue weighted by Crippen LogP contribution is 2.07. The number of hydrogen-bond acceptors (Lipinski definition) is 5. The minimum Gasteiger partial charge on any atom is -0.380 e. The van der Waals surface area contributed by atoms with E-state index in [4.69, 9.17) is 9.26 Å². The van der Waals surface area contributed by atoms with Crippen molar-refractivity contribution in [3.8, 4) is 0 Å². The number of ether oxygens (including phenoxy) is 1. The van der Waals surface area contributed by atoms with Crippen molar-refractivity contribution in [2.24, 2.45) is 0 Å². The standard InChI is InChI=1S/C15H19N3O2/c1-2-4-12(5-3-1)10-14-17-15(20-18-14)6-8-16-13-7-9-19-11-13/h1-5,13,16H,6-11H2/t13-/m0/s1. The number of nitrogens with zero attached hydrogens (tertiary/aromatic N) is 2. The van der Waals surface area contributed by atoms with Crippen LogP contribution in [0.1, 0.15) is 23.7 Å². The van der Waals surface area contributed by atoms with Crippen LogP contribution in [0.4, 0.5) is 0 Å². The summed E-state index contributed by atoms with van der Waals surface area (Å²) < 4.78 is 10.6. The van der Waals surface area contributed by atoms with Crippen LogP contribution in [0, 0.1) is 0 Å². The zero-order valence-corrected chi connectivity index (χ0v) is 11.4. The lowest BCUT2D eigenvalue weighted by atomic mass is 10.1. The Balaban J connectivity index is 1.46. The Kier molecular flexibility index (Phi) is 4.40. The van der Waals surface area contributed by atoms with Gasteiger partial charge in [-0.1, -0.05) is 35.5 Å². The first-order chi connectivity index (χ1) is 9.90. The van der Waals surface area contributed by atoms with E-state index in [-0.39, 0.29) is 0 Å². The molecule has 106 valence electrons. The summed E-state index contributed by atoms with van der Waals surface area (Å²) in [6.07, 6.45) is 2.57. The average molecular weight is 273 g/mol. The lowest BCUT2D eigenvalue weighted by Crippen LogP contribution is -2.30. The maximum atomic E-state index is 5.32. The second kappa shape index (κ2) is 6.63. The molecule has 0 amide bonds. The van der Waals surface area contributed by atoms with Crippen molar-refractivity contribution in [3.05, 3.63) is 47.6 Å². The van der Waals surface area contributed by atoms with Crippen molar-refractivity contribution in [1.82, 2.24) is 15.5 Å². The van der Waals surface area contributed by atoms with E-state index < -0.39 is 0 Å². The molecular weight excluding hydrogens is 254 g/mol. The molecule has 1 aliphatic rings. The number of hydrogen-bond donors (Lipinski definition) is 1. The number of nitrogens with one attached hydrogen (secondary N) is 1. The van der Waals surface area contributed by atoms with Gasteiger partial charge in [-0.05, 0) is 12.0 Å². The van der Waals surface area contributed by atoms with Gasteiger partial charge in [0.25, 0.3) is 0 Å². The maximum Gasteiger partial charge on any atom is 0.227 e. The van der Waals surface area contributed by atoms with Gasteiger partial charge in [-0.2, -0.15) is 4.98 Å². The first-order valence-electron chi connectivity index (χ1n) is 7.06. The van der Waals surface area contributed by atoms with Crippen LogP contribution >= 0.6 is 0 Å². The summed E-state index contributed by atoms with van der Waals surface area (Å²) >= 11 is 0. The van der Waals surface area contributed by atoms with Crippen LogP contribution in [-0.2, 0) is 17.6 Å². The van der Waals surface area contributed by atoms with E-state index in [2.05, 4.69) is 27.6 Å². The van der Waals surface area contributed by atoms with Crippen LogP contribution < -0.4 is 5.32 Å². The van der Waals surface area contributed by atoms with Gasteiger partial charge in [0.15, 0.2) is 5.82 Å². The fourth-order valence-electron chi connectivity index (χ4n) is 2.32. The molecule has 2 aromatic rings. The summed E-state index contributed by atoms with van der Waals surface area (Å²) in [5.74, 6) is 1.44. The van der Waals surface area contributed by atoms with E-state index in [0.29, 0.717) is 18.4 Å². The summed E-state index contributed by atoms with van der Waals surface area (Å²) in [4.78, 5) is 4.42. The van der Waals surface area contributed by atoms with E-state index in [1.165, 1.54) is 5.56 Å². The van der Waals surface area contributed by atoms with E-state index >= 15 is 0 Å². The smallest absolute Gasteiger partial charge is 0.227 e. The van der Waals surface area contributed by atoms with Crippen LogP contribution in [0.3, 0.4) is 0 Å². The van der Waals surface area contributed by atoms with Crippen LogP contribution in [0.15, 0.2) is 34.9 Å². The second-order valence-electron chi connectivity index (χ2n) is 5.03. The van der Waals surface area contributed by atoms with Crippen molar-refractivity contribution in [1.29, 1.82) is 0 Å². The Morgan fingerprint density at radius 2 is 2.15 bits per heavy atom. The summed E-state index contributed by atoms with van der Waals surface area (Å²) in [5.41, 5.74) is 1.20. The number of rotatable bonds is 6. The van der Waals surface area contributed by atoms with E-state index in [9.17, 15) is 0 Å². The summed E-state index contributed by atoms with van der Waals surface area (Å²) in [6, 6.07) is 10.6. The van der Waals surface area contributed by atoms with E-state index in [1.54, 1.807) is 0 Å². The molecular formula is C15H19N3O2. The zero-order valence-electron chi connectivity index (χ0n) is 11.4. The van der Waals surface area contributed by atoms with E-state index in [0.717, 1.165) is 38.4 Å². The zero-order chi connectivity index (χ0) is 13.6. The molecule has 1 aromatic carbocycles. The lowest BCUT2D eigenvalue weighted by molar-refractivity contribution is 0.190. The Labute approximate surface area is 118 Å². The molecule has 0 unspecified atom stereocenters. The summed E-state index contributed by atoms with van der Waals surface area (Å²) in [6.45, 7) is 2.52. The molecule has 0 bridgehead atoms. The third-order valence-corrected chi connectivity index (χ3v) is 3.42. The lowest BCUT2D eigenvalue weighted by Gasteiger charge is -2.07. The van der Waals surface area contributed by atoms with Crippen molar-refractivity contribution < 1.29 is 9.26 Å². The van der Waals surface area contributed by atoms with Gasteiger partial charge in [0, 0.05) is 32.0 Å². The topological polar surface area (TPSA) is 60.2 Å². The molecule has 1 saturated heterocycles. The Bertz CT molecular complexity index is 521. The molecule has 1 atom stereocenters. The third-order valence-electron chi connectivity index (χ3n) is 3.42. The quantitative estimate of drug-likeness (QED) is 0.866. The second-order valence-corrected chi connectivity index (χ2v) is 5.03. The van der Waals surface area contributed by atoms with Crippen LogP contribution in [0.25, 0.3) is 0 Å². The molecule has 3 rings (SSSR count). The van der Waals surface area contributed by atoms with Crippen LogP contribution in [-0.4, -0.2) is 35.9 Å². The minimum atomic E-state index is 0.474. The highest BCUT2D eigenvalue weighted by Gasteiger charge is 2.15. The summed E-state index contributed by atoms with van der Waals surface area (Å²) in [7, 11) is 0. The van der Waals surface area contributed by atoms with Gasteiger partial charge in [-0.15, -0.1) is 0 Å². The number of aromatic nitrogens is 2. The summed E-state index contributed by atoms with van der Waals surface area (Å²) in [5, 5.41) is 7.46. The van der Waals surface area contributed by atoms with Gasteiger partial charge >= 0.3 is 0 Å². The van der Waals surface area contributed by atoms with Gasteiger partial charge < -0.3 is 14.6 Å². The fourth-order valence-corrected chi connectivity index (χ4v) is 2.32. The Morgan fingerprint density at radius 3 is 2.95 bits per heavy atom. The molecule has 0 spiro atoms. The molecule has 5 nitrogen and oxygen atoms in total. The van der Waals surface area contributed by atoms with Crippen molar-refractivity contribution in [2.75, 3.05) is 19.8 Å². The van der Waals surface area contributed by atoms with Crippen molar-refractivity contribution in [3.63, 3.8) is 0 Å². The largest absolute Gasteiger partial charge is 0.380 e. The molecule has 1 aromatic heterocycles. The van der Waals surface area contributed by atoms with Gasteiger partial charge in [0.1, 0.15) is 0 Å². The fraction of sp³-hybridized carbons (Fsp3) is 0.467. The predicted octanol–water partition coefficient (Wildman–Crippen LogP) is 1.58. The highest BCUT2D eigenvalue weighted by molar-refractivity contribution is 5.18. The van der Waals surface area contributed by atoms with Gasteiger partial charge in [0.2, 0.25) is 5.89 Å². The minimum absolute atomic E-state index is 0.474. The molecule has 20 heavy (non-hydrogen) atoms. The van der Waals surface area contributed by atoms with Gasteiger partial charge in [-0.25, -0.2) is 0 Å². The molecule has 0 saturated carbocycles. The van der Waals surface area contributed by atoms with E-state index in [1.807, 2.05) is 18.2 Å². The molecule has 0 aliphatic carbocycles. The van der Waals surface area contributed by atoms with Crippen molar-refractivity contribution >= 4 is 0 Å². The molecule has 0 radical (unpaired) electrons. The molecule has 5 heteroatoms. The molecule has 1 N–H and O–H groups in total. The Morgan fingerprint density at radius 1 is 1.25 bits per heavy atom. The highest BCUT2D eigenvalue weighted by atomic mass is 16.5. The van der Waals surface area contributed by atoms with Crippen molar-refractivity contribution in [2.45, 2.75) is 25.3 Å². The number of benzene rings is 1.